The van der Waals surface area contributed by atoms with E-state index in [0.29, 0.717) is 27.9 Å². The number of nitrogens with one attached hydrogen (secondary N) is 3. The summed E-state index contributed by atoms with van der Waals surface area (Å²) < 4.78 is 6.39. The van der Waals surface area contributed by atoms with E-state index in [1.165, 1.54) is 4.90 Å². The first kappa shape index (κ1) is 53.2. The second-order valence-electron chi connectivity index (χ2n) is 23.8. The normalized spacial score (nSPS) is 24.1. The van der Waals surface area contributed by atoms with Crippen LogP contribution in [0.25, 0.3) is 10.4 Å². The zero-order valence-corrected chi connectivity index (χ0v) is 45.6. The minimum Gasteiger partial charge on any atom is -0.489 e. The molecule has 1 spiro atoms. The van der Waals surface area contributed by atoms with Crippen LogP contribution in [0.3, 0.4) is 0 Å². The second-order valence-corrected chi connectivity index (χ2v) is 25.1. The Morgan fingerprint density at radius 3 is 2.24 bits per heavy atom. The van der Waals surface area contributed by atoms with Crippen molar-refractivity contribution in [3.63, 3.8) is 0 Å². The molecule has 2 aromatic carbocycles. The third-order valence-electron chi connectivity index (χ3n) is 16.5. The van der Waals surface area contributed by atoms with Crippen LogP contribution in [0.1, 0.15) is 108 Å². The van der Waals surface area contributed by atoms with Gasteiger partial charge in [0.1, 0.15) is 35.8 Å². The average Bonchev–Trinajstić information content (AvgIpc) is 3.95. The molecule has 4 aromatic rings. The summed E-state index contributed by atoms with van der Waals surface area (Å²) >= 11 is 7.86. The zero-order chi connectivity index (χ0) is 53.1. The van der Waals surface area contributed by atoms with Crippen LogP contribution in [0.4, 0.5) is 5.82 Å². The summed E-state index contributed by atoms with van der Waals surface area (Å²) in [5.74, 6) is 0.324. The van der Waals surface area contributed by atoms with Crippen molar-refractivity contribution in [1.29, 1.82) is 5.26 Å². The summed E-state index contributed by atoms with van der Waals surface area (Å²) in [6.07, 6.45) is 2.95. The SMILES string of the molecule is Cc1ncsc1-c1ccc([C@H](C)NC(=O)[C@@H]2C[C@@H](O)CN2C(=O)[C@@H](NC(=O)CN2CCN(C3CC4(C3)CN(c3ccc(C(=O)NC5C(C)(C)C(Oc6ccc(C#N)c(Cl)c6)C5(C)C)cn3)C4)CC2)C(C)(C)C)cc1. The lowest BCUT2D eigenvalue weighted by Gasteiger charge is -2.63. The smallest absolute Gasteiger partial charge is 0.253 e. The largest absolute Gasteiger partial charge is 0.489 e. The number of hydrogen-bond acceptors (Lipinski definition) is 13. The Morgan fingerprint density at radius 2 is 1.65 bits per heavy atom. The Morgan fingerprint density at radius 1 is 0.959 bits per heavy atom. The molecule has 18 heteroatoms. The fraction of sp³-hybridized carbons (Fsp3) is 0.554. The van der Waals surface area contributed by atoms with Gasteiger partial charge in [0.15, 0.2) is 0 Å². The van der Waals surface area contributed by atoms with E-state index in [2.05, 4.69) is 69.4 Å². The molecule has 16 nitrogen and oxygen atoms in total. The average molecular weight is 1050 g/mol. The van der Waals surface area contributed by atoms with Gasteiger partial charge < -0.3 is 35.6 Å². The molecule has 0 bridgehead atoms. The summed E-state index contributed by atoms with van der Waals surface area (Å²) in [4.78, 5) is 73.9. The monoisotopic (exact) mass is 1050 g/mol. The molecule has 0 unspecified atom stereocenters. The van der Waals surface area contributed by atoms with Crippen LogP contribution in [0.15, 0.2) is 66.3 Å². The first-order valence-electron chi connectivity index (χ1n) is 25.9. The van der Waals surface area contributed by atoms with Gasteiger partial charge in [-0.05, 0) is 67.5 Å². The van der Waals surface area contributed by atoms with Crippen molar-refractivity contribution in [2.45, 2.75) is 124 Å². The quantitative estimate of drug-likeness (QED) is 0.106. The van der Waals surface area contributed by atoms with Crippen LogP contribution < -0.4 is 25.6 Å². The molecule has 2 saturated carbocycles. The number of ether oxygens (including phenoxy) is 1. The van der Waals surface area contributed by atoms with Gasteiger partial charge in [-0.1, -0.05) is 84.3 Å². The fourth-order valence-corrected chi connectivity index (χ4v) is 13.6. The minimum absolute atomic E-state index is 0.0154. The number of β-amino-alcohol motifs (C(OH)–C–C–N with tert-alkyl or cyclic N) is 1. The summed E-state index contributed by atoms with van der Waals surface area (Å²) in [5, 5.41) is 29.7. The fourth-order valence-electron chi connectivity index (χ4n) is 12.6. The second kappa shape index (κ2) is 20.5. The van der Waals surface area contributed by atoms with Gasteiger partial charge in [-0.3, -0.25) is 29.0 Å². The minimum atomic E-state index is -0.894. The lowest BCUT2D eigenvalue weighted by Crippen LogP contribution is -2.74. The number of carbonyl (C=O) groups excluding carboxylic acids is 4. The highest BCUT2D eigenvalue weighted by Crippen LogP contribution is 2.56. The zero-order valence-electron chi connectivity index (χ0n) is 44.1. The molecule has 5 fully saturated rings. The number of likely N-dealkylation sites (tertiary alicyclic amines) is 1. The number of pyridine rings is 1. The number of thiazole rings is 1. The molecule has 4 N–H and O–H groups in total. The number of rotatable bonds is 14. The van der Waals surface area contributed by atoms with Gasteiger partial charge in [0, 0.05) is 92.8 Å². The van der Waals surface area contributed by atoms with E-state index in [1.54, 1.807) is 35.7 Å². The first-order chi connectivity index (χ1) is 35.0. The van der Waals surface area contributed by atoms with Crippen LogP contribution in [0.2, 0.25) is 5.02 Å². The third-order valence-corrected chi connectivity index (χ3v) is 17.8. The lowest BCUT2D eigenvalue weighted by atomic mass is 9.49. The Labute approximate surface area is 444 Å². The predicted molar refractivity (Wildman–Crippen MR) is 286 cm³/mol. The number of aryl methyl sites for hydroxylation is 1. The molecule has 2 aromatic heterocycles. The third kappa shape index (κ3) is 10.6. The van der Waals surface area contributed by atoms with Crippen molar-refractivity contribution in [3.8, 4) is 22.3 Å². The van der Waals surface area contributed by atoms with E-state index in [1.807, 2.05) is 76.5 Å². The summed E-state index contributed by atoms with van der Waals surface area (Å²) in [6.45, 7) is 23.2. The number of nitrogens with zero attached hydrogens (tertiary/aromatic N) is 7. The number of anilines is 1. The highest BCUT2D eigenvalue weighted by Gasteiger charge is 2.64. The van der Waals surface area contributed by atoms with Crippen molar-refractivity contribution in [2.75, 3.05) is 57.3 Å². The Hall–Kier alpha value is -5.64. The van der Waals surface area contributed by atoms with Crippen LogP contribution in [0, 0.1) is 39.9 Å². The lowest BCUT2D eigenvalue weighted by molar-refractivity contribution is -0.164. The highest BCUT2D eigenvalue weighted by molar-refractivity contribution is 7.13. The number of piperazine rings is 1. The van der Waals surface area contributed by atoms with Gasteiger partial charge >= 0.3 is 0 Å². The molecule has 4 atom stereocenters. The molecular formula is C56H71ClN10O6S. The summed E-state index contributed by atoms with van der Waals surface area (Å²) in [5.41, 5.74) is 4.52. The summed E-state index contributed by atoms with van der Waals surface area (Å²) in [7, 11) is 0. The number of aliphatic hydroxyl groups excluding tert-OH is 1. The van der Waals surface area contributed by atoms with Gasteiger partial charge in [0.2, 0.25) is 17.7 Å². The number of aliphatic hydroxyl groups is 1. The molecule has 3 saturated heterocycles. The van der Waals surface area contributed by atoms with Crippen LogP contribution >= 0.6 is 22.9 Å². The maximum atomic E-state index is 14.3. The molecule has 9 rings (SSSR count). The van der Waals surface area contributed by atoms with Crippen LogP contribution in [-0.4, -0.2) is 142 Å². The van der Waals surface area contributed by atoms with Crippen molar-refractivity contribution in [1.82, 2.24) is 40.6 Å². The van der Waals surface area contributed by atoms with E-state index >= 15 is 0 Å². The van der Waals surface area contributed by atoms with Crippen LogP contribution in [-0.2, 0) is 14.4 Å². The van der Waals surface area contributed by atoms with Gasteiger partial charge in [0.05, 0.1) is 50.9 Å². The van der Waals surface area contributed by atoms with E-state index in [0.717, 1.165) is 79.6 Å². The maximum absolute atomic E-state index is 14.3. The van der Waals surface area contributed by atoms with Gasteiger partial charge in [0.25, 0.3) is 5.91 Å². The number of hydrogen-bond donors (Lipinski definition) is 4. The number of carbonyl (C=O) groups is 4. The molecule has 5 aliphatic rings. The Balaban J connectivity index is 0.701. The highest BCUT2D eigenvalue weighted by atomic mass is 35.5. The van der Waals surface area contributed by atoms with Crippen molar-refractivity contribution >= 4 is 52.4 Å². The number of nitriles is 1. The maximum Gasteiger partial charge on any atom is 0.253 e. The molecule has 4 amide bonds. The standard InChI is InChI=1S/C56H71ClN10O6S/c1-33(35-10-12-36(13-11-35)46-34(2)60-32-74-46)61-49(71)43-22-40(68)28-67(43)50(72)47(53(3,4)5)62-45(69)29-64-18-20-65(21-19-64)39-24-56(25-39)30-66(31-56)44-17-15-38(27-59-44)48(70)63-51-54(6,7)52(55(51,8)9)73-41-16-14-37(26-58)42(57)23-41/h10-17,23,27,32-33,39-40,43,47,51-52,68H,18-22,24-25,28-31H2,1-9H3,(H,61,71)(H,62,69)(H,63,70)/t33-,40+,43-,47+,51?,52?/m0/s1. The van der Waals surface area contributed by atoms with Gasteiger partial charge in [-0.15, -0.1) is 11.3 Å². The van der Waals surface area contributed by atoms with Crippen molar-refractivity contribution < 1.29 is 29.0 Å². The molecular weight excluding hydrogens is 976 g/mol. The molecule has 5 heterocycles. The molecule has 3 aliphatic heterocycles. The van der Waals surface area contributed by atoms with E-state index in [9.17, 15) is 29.5 Å². The molecule has 394 valence electrons. The van der Waals surface area contributed by atoms with Gasteiger partial charge in [-0.25, -0.2) is 9.97 Å². The van der Waals surface area contributed by atoms with E-state index < -0.39 is 23.6 Å². The summed E-state index contributed by atoms with van der Waals surface area (Å²) in [6, 6.07) is 17.2. The molecule has 0 radical (unpaired) electrons. The first-order valence-corrected chi connectivity index (χ1v) is 27.2. The molecule has 2 aliphatic carbocycles. The topological polar surface area (TPSA) is 196 Å². The van der Waals surface area contributed by atoms with E-state index in [-0.39, 0.29) is 77.6 Å². The van der Waals surface area contributed by atoms with E-state index in [4.69, 9.17) is 21.3 Å². The Bertz CT molecular complexity index is 2770. The van der Waals surface area contributed by atoms with Crippen LogP contribution in [0.5, 0.6) is 5.75 Å². The van der Waals surface area contributed by atoms with Gasteiger partial charge in [-0.2, -0.15) is 5.26 Å². The number of aromatic nitrogens is 2. The Kier molecular flexibility index (Phi) is 14.7. The number of halogens is 1. The van der Waals surface area contributed by atoms with Crippen molar-refractivity contribution in [3.05, 3.63) is 93.7 Å². The molecule has 74 heavy (non-hydrogen) atoms. The van der Waals surface area contributed by atoms with Crippen molar-refractivity contribution in [2.24, 2.45) is 21.7 Å². The predicted octanol–water partition coefficient (Wildman–Crippen LogP) is 6.61. The number of benzene rings is 2. The number of amides is 4.